The van der Waals surface area contributed by atoms with Gasteiger partial charge in [-0.3, -0.25) is 0 Å². The van der Waals surface area contributed by atoms with Gasteiger partial charge in [0.1, 0.15) is 5.56 Å². The van der Waals surface area contributed by atoms with E-state index in [4.69, 9.17) is 9.84 Å². The number of hydrogen-bond acceptors (Lipinski definition) is 3. The van der Waals surface area contributed by atoms with Crippen molar-refractivity contribution in [1.82, 2.24) is 0 Å². The van der Waals surface area contributed by atoms with Gasteiger partial charge in [-0.25, -0.2) is 4.79 Å². The van der Waals surface area contributed by atoms with Crippen LogP contribution >= 0.6 is 0 Å². The Hall–Kier alpha value is -1.71. The second kappa shape index (κ2) is 13.6. The lowest BCUT2D eigenvalue weighted by Gasteiger charge is -2.09. The van der Waals surface area contributed by atoms with Gasteiger partial charge >= 0.3 is 5.97 Å². The Balaban J connectivity index is 1.99. The molecule has 0 heterocycles. The highest BCUT2D eigenvalue weighted by atomic mass is 16.5. The molecule has 0 atom stereocenters. The van der Waals surface area contributed by atoms with E-state index in [1.54, 1.807) is 12.1 Å². The molecule has 0 saturated carbocycles. The Morgan fingerprint density at radius 3 is 1.92 bits per heavy atom. The van der Waals surface area contributed by atoms with Gasteiger partial charge < -0.3 is 14.9 Å². The van der Waals surface area contributed by atoms with Gasteiger partial charge in [0, 0.05) is 0 Å². The van der Waals surface area contributed by atoms with Gasteiger partial charge in [0.2, 0.25) is 0 Å². The lowest BCUT2D eigenvalue weighted by Crippen LogP contribution is -2.01. The smallest absolute Gasteiger partial charge is 0.339 e. The fourth-order valence-electron chi connectivity index (χ4n) is 2.94. The van der Waals surface area contributed by atoms with Crippen molar-refractivity contribution in [3.63, 3.8) is 0 Å². The number of para-hydroxylation sites is 1. The molecule has 0 saturated heterocycles. The largest absolute Gasteiger partial charge is 0.504 e. The van der Waals surface area contributed by atoms with Crippen molar-refractivity contribution in [2.75, 3.05) is 6.61 Å². The van der Waals surface area contributed by atoms with Crippen LogP contribution in [0.3, 0.4) is 0 Å². The van der Waals surface area contributed by atoms with Crippen LogP contribution < -0.4 is 4.74 Å². The van der Waals surface area contributed by atoms with Gasteiger partial charge in [0.05, 0.1) is 6.61 Å². The van der Waals surface area contributed by atoms with Crippen LogP contribution in [0.15, 0.2) is 18.2 Å². The Morgan fingerprint density at radius 2 is 1.40 bits per heavy atom. The Labute approximate surface area is 152 Å². The molecule has 0 aromatic heterocycles. The molecule has 1 aromatic carbocycles. The number of carbonyl (C=O) groups is 1. The molecule has 4 nitrogen and oxygen atoms in total. The van der Waals surface area contributed by atoms with E-state index in [0.29, 0.717) is 6.61 Å². The van der Waals surface area contributed by atoms with Gasteiger partial charge in [0.15, 0.2) is 11.5 Å². The highest BCUT2D eigenvalue weighted by Gasteiger charge is 2.13. The average molecular weight is 350 g/mol. The Morgan fingerprint density at radius 1 is 0.880 bits per heavy atom. The van der Waals surface area contributed by atoms with Crippen LogP contribution in [-0.2, 0) is 0 Å². The minimum absolute atomic E-state index is 0.118. The molecule has 4 heteroatoms. The Bertz CT molecular complexity index is 485. The van der Waals surface area contributed by atoms with E-state index in [2.05, 4.69) is 6.92 Å². The first-order valence-electron chi connectivity index (χ1n) is 9.85. The summed E-state index contributed by atoms with van der Waals surface area (Å²) in [6, 6.07) is 4.55. The number of rotatable bonds is 15. The lowest BCUT2D eigenvalue weighted by molar-refractivity contribution is 0.0692. The number of hydrogen-bond donors (Lipinski definition) is 2. The third-order valence-corrected chi connectivity index (χ3v) is 4.48. The highest BCUT2D eigenvalue weighted by Crippen LogP contribution is 2.29. The maximum absolute atomic E-state index is 10.9. The van der Waals surface area contributed by atoms with Crippen molar-refractivity contribution in [2.45, 2.75) is 84.0 Å². The van der Waals surface area contributed by atoms with Crippen molar-refractivity contribution >= 4 is 5.97 Å². The minimum Gasteiger partial charge on any atom is -0.504 e. The number of carboxylic acid groups (broad SMARTS) is 1. The third-order valence-electron chi connectivity index (χ3n) is 4.48. The molecule has 1 aromatic rings. The quantitative estimate of drug-likeness (QED) is 0.371. The second-order valence-corrected chi connectivity index (χ2v) is 6.70. The topological polar surface area (TPSA) is 66.8 Å². The molecule has 0 amide bonds. The van der Waals surface area contributed by atoms with Crippen molar-refractivity contribution in [3.8, 4) is 11.5 Å². The van der Waals surface area contributed by atoms with Crippen LogP contribution in [0.4, 0.5) is 0 Å². The molecule has 142 valence electrons. The number of phenols is 1. The van der Waals surface area contributed by atoms with Crippen molar-refractivity contribution in [2.24, 2.45) is 0 Å². The van der Waals surface area contributed by atoms with E-state index < -0.39 is 5.97 Å². The fourth-order valence-corrected chi connectivity index (χ4v) is 2.94. The molecule has 1 rings (SSSR count). The van der Waals surface area contributed by atoms with Gasteiger partial charge in [-0.2, -0.15) is 0 Å². The first-order chi connectivity index (χ1) is 12.2. The Kier molecular flexibility index (Phi) is 11.6. The predicted molar refractivity (Wildman–Crippen MR) is 102 cm³/mol. The second-order valence-electron chi connectivity index (χ2n) is 6.70. The monoisotopic (exact) mass is 350 g/mol. The lowest BCUT2D eigenvalue weighted by atomic mass is 10.1. The molecular formula is C21H34O4. The van der Waals surface area contributed by atoms with Gasteiger partial charge in [-0.1, -0.05) is 83.6 Å². The van der Waals surface area contributed by atoms with E-state index in [1.807, 2.05) is 0 Å². The van der Waals surface area contributed by atoms with Crippen molar-refractivity contribution < 1.29 is 19.7 Å². The molecule has 0 aliphatic heterocycles. The number of benzene rings is 1. The average Bonchev–Trinajstić information content (AvgIpc) is 2.60. The van der Waals surface area contributed by atoms with Crippen molar-refractivity contribution in [1.29, 1.82) is 0 Å². The van der Waals surface area contributed by atoms with E-state index in [-0.39, 0.29) is 17.1 Å². The van der Waals surface area contributed by atoms with Crippen LogP contribution in [0.25, 0.3) is 0 Å². The SMILES string of the molecule is CCCCCCCCCCCCCCOc1cccc(C(=O)O)c1O. The van der Waals surface area contributed by atoms with Gasteiger partial charge in [-0.15, -0.1) is 0 Å². The molecule has 25 heavy (non-hydrogen) atoms. The molecule has 0 unspecified atom stereocenters. The molecule has 0 bridgehead atoms. The van der Waals surface area contributed by atoms with E-state index in [1.165, 1.54) is 70.3 Å². The zero-order valence-corrected chi connectivity index (χ0v) is 15.6. The number of aromatic carboxylic acids is 1. The van der Waals surface area contributed by atoms with Crippen molar-refractivity contribution in [3.05, 3.63) is 23.8 Å². The maximum Gasteiger partial charge on any atom is 0.339 e. The number of aromatic hydroxyl groups is 1. The summed E-state index contributed by atoms with van der Waals surface area (Å²) >= 11 is 0. The summed E-state index contributed by atoms with van der Waals surface area (Å²) in [4.78, 5) is 10.9. The van der Waals surface area contributed by atoms with Crippen LogP contribution in [0, 0.1) is 0 Å². The number of carboxylic acids is 1. The first-order valence-corrected chi connectivity index (χ1v) is 9.85. The van der Waals surface area contributed by atoms with E-state index >= 15 is 0 Å². The highest BCUT2D eigenvalue weighted by molar-refractivity contribution is 5.91. The van der Waals surface area contributed by atoms with E-state index in [9.17, 15) is 9.90 Å². The summed E-state index contributed by atoms with van der Waals surface area (Å²) in [6.07, 6.45) is 15.4. The zero-order valence-electron chi connectivity index (χ0n) is 15.6. The fraction of sp³-hybridized carbons (Fsp3) is 0.667. The molecule has 0 aliphatic carbocycles. The normalized spacial score (nSPS) is 10.8. The predicted octanol–water partition coefficient (Wildman–Crippen LogP) is 6.17. The standard InChI is InChI=1S/C21H34O4/c1-2-3-4-5-6-7-8-9-10-11-12-13-17-25-19-16-14-15-18(20(19)22)21(23)24/h14-16,22H,2-13,17H2,1H3,(H,23,24). The molecule has 0 aliphatic rings. The summed E-state index contributed by atoms with van der Waals surface area (Å²) in [6.45, 7) is 2.76. The summed E-state index contributed by atoms with van der Waals surface area (Å²) in [7, 11) is 0. The van der Waals surface area contributed by atoms with Crippen LogP contribution in [0.1, 0.15) is 94.3 Å². The summed E-state index contributed by atoms with van der Waals surface area (Å²) in [5.74, 6) is -1.18. The summed E-state index contributed by atoms with van der Waals surface area (Å²) in [5.41, 5.74) is -0.118. The minimum atomic E-state index is -1.15. The number of ether oxygens (including phenoxy) is 1. The zero-order chi connectivity index (χ0) is 18.3. The molecule has 2 N–H and O–H groups in total. The molecule has 0 fully saturated rings. The third kappa shape index (κ3) is 9.37. The van der Waals surface area contributed by atoms with E-state index in [0.717, 1.165) is 12.8 Å². The molecular weight excluding hydrogens is 316 g/mol. The molecule has 0 spiro atoms. The van der Waals surface area contributed by atoms with Crippen LogP contribution in [-0.4, -0.2) is 22.8 Å². The van der Waals surface area contributed by atoms with Gasteiger partial charge in [0.25, 0.3) is 0 Å². The van der Waals surface area contributed by atoms with Crippen LogP contribution in [0.2, 0.25) is 0 Å². The van der Waals surface area contributed by atoms with Gasteiger partial charge in [-0.05, 0) is 18.6 Å². The molecule has 0 radical (unpaired) electrons. The van der Waals surface area contributed by atoms with Crippen LogP contribution in [0.5, 0.6) is 11.5 Å². The summed E-state index contributed by atoms with van der Waals surface area (Å²) < 4.78 is 5.51. The number of unbranched alkanes of at least 4 members (excludes halogenated alkanes) is 11. The first kappa shape index (κ1) is 21.3. The maximum atomic E-state index is 10.9. The summed E-state index contributed by atoms with van der Waals surface area (Å²) in [5, 5.41) is 18.8.